The van der Waals surface area contributed by atoms with E-state index in [-0.39, 0.29) is 16.6 Å². The topological polar surface area (TPSA) is 66.5 Å². The Hall–Kier alpha value is -2.81. The lowest BCUT2D eigenvalue weighted by Crippen LogP contribution is -2.35. The van der Waals surface area contributed by atoms with Gasteiger partial charge in [-0.25, -0.2) is 12.8 Å². The number of halogens is 1. The average molecular weight is 471 g/mol. The number of thiophene rings is 1. The maximum absolute atomic E-state index is 13.2. The second kappa shape index (κ2) is 9.77. The van der Waals surface area contributed by atoms with Crippen molar-refractivity contribution in [2.24, 2.45) is 0 Å². The SMILES string of the molecule is O=C(Nc1ccc(S(=O)(=O)N2CCCCC2)cc1)/C(=C/c1ccc(F)cc1)c1ccsc1. The fourth-order valence-corrected chi connectivity index (χ4v) is 5.76. The molecule has 32 heavy (non-hydrogen) atoms. The number of benzene rings is 2. The van der Waals surface area contributed by atoms with Crippen molar-refractivity contribution in [3.63, 3.8) is 0 Å². The monoisotopic (exact) mass is 470 g/mol. The molecular weight excluding hydrogens is 447 g/mol. The molecule has 0 spiro atoms. The van der Waals surface area contributed by atoms with E-state index in [1.807, 2.05) is 16.8 Å². The first-order valence-electron chi connectivity index (χ1n) is 10.3. The molecule has 0 radical (unpaired) electrons. The van der Waals surface area contributed by atoms with Crippen LogP contribution in [0.25, 0.3) is 11.6 Å². The summed E-state index contributed by atoms with van der Waals surface area (Å²) in [5.41, 5.74) is 2.38. The molecule has 166 valence electrons. The molecule has 1 aliphatic heterocycles. The summed E-state index contributed by atoms with van der Waals surface area (Å²) >= 11 is 1.47. The largest absolute Gasteiger partial charge is 0.322 e. The molecule has 1 saturated heterocycles. The van der Waals surface area contributed by atoms with E-state index >= 15 is 0 Å². The van der Waals surface area contributed by atoms with Crippen molar-refractivity contribution in [3.05, 3.63) is 82.3 Å². The molecule has 2 heterocycles. The van der Waals surface area contributed by atoms with Crippen molar-refractivity contribution >= 4 is 44.6 Å². The molecule has 8 heteroatoms. The highest BCUT2D eigenvalue weighted by molar-refractivity contribution is 7.89. The second-order valence-corrected chi connectivity index (χ2v) is 10.3. The van der Waals surface area contributed by atoms with E-state index in [1.54, 1.807) is 30.3 Å². The summed E-state index contributed by atoms with van der Waals surface area (Å²) in [5.74, 6) is -0.678. The maximum Gasteiger partial charge on any atom is 0.256 e. The van der Waals surface area contributed by atoms with Crippen LogP contribution in [0.2, 0.25) is 0 Å². The van der Waals surface area contributed by atoms with E-state index < -0.39 is 10.0 Å². The highest BCUT2D eigenvalue weighted by Gasteiger charge is 2.25. The van der Waals surface area contributed by atoms with E-state index in [0.29, 0.717) is 29.9 Å². The van der Waals surface area contributed by atoms with Crippen molar-refractivity contribution in [1.29, 1.82) is 0 Å². The first kappa shape index (κ1) is 22.4. The van der Waals surface area contributed by atoms with Gasteiger partial charge in [-0.2, -0.15) is 15.6 Å². The molecule has 1 fully saturated rings. The highest BCUT2D eigenvalue weighted by atomic mass is 32.2. The van der Waals surface area contributed by atoms with Crippen LogP contribution < -0.4 is 5.32 Å². The highest BCUT2D eigenvalue weighted by Crippen LogP contribution is 2.25. The van der Waals surface area contributed by atoms with Crippen LogP contribution in [0.5, 0.6) is 0 Å². The number of carbonyl (C=O) groups excluding carboxylic acids is 1. The van der Waals surface area contributed by atoms with Gasteiger partial charge >= 0.3 is 0 Å². The van der Waals surface area contributed by atoms with Gasteiger partial charge in [-0.1, -0.05) is 18.6 Å². The van der Waals surface area contributed by atoms with Gasteiger partial charge in [-0.15, -0.1) is 0 Å². The van der Waals surface area contributed by atoms with Crippen LogP contribution in [0.4, 0.5) is 10.1 Å². The molecule has 2 aromatic carbocycles. The lowest BCUT2D eigenvalue weighted by Gasteiger charge is -2.25. The summed E-state index contributed by atoms with van der Waals surface area (Å²) in [6, 6.07) is 14.0. The van der Waals surface area contributed by atoms with E-state index in [1.165, 1.54) is 39.9 Å². The van der Waals surface area contributed by atoms with Crippen molar-refractivity contribution in [3.8, 4) is 0 Å². The standard InChI is InChI=1S/C24H23FN2O3S2/c25-20-6-4-18(5-7-20)16-23(19-12-15-31-17-19)24(28)26-21-8-10-22(11-9-21)32(29,30)27-13-2-1-3-14-27/h4-12,15-17H,1-3,13-14H2,(H,26,28)/b23-16+. The zero-order valence-electron chi connectivity index (χ0n) is 17.3. The Labute approximate surface area is 191 Å². The van der Waals surface area contributed by atoms with Crippen LogP contribution in [-0.2, 0) is 14.8 Å². The number of carbonyl (C=O) groups is 1. The second-order valence-electron chi connectivity index (χ2n) is 7.56. The Morgan fingerprint density at radius 3 is 2.28 bits per heavy atom. The van der Waals surface area contributed by atoms with Gasteiger partial charge in [0.25, 0.3) is 5.91 Å². The maximum atomic E-state index is 13.2. The Bertz CT molecular complexity index is 1200. The van der Waals surface area contributed by atoms with Crippen LogP contribution in [0.3, 0.4) is 0 Å². The van der Waals surface area contributed by atoms with Gasteiger partial charge in [0.05, 0.1) is 4.90 Å². The number of rotatable bonds is 6. The third-order valence-corrected chi connectivity index (χ3v) is 7.92. The summed E-state index contributed by atoms with van der Waals surface area (Å²) in [6.45, 7) is 1.08. The van der Waals surface area contributed by atoms with Crippen molar-refractivity contribution in [1.82, 2.24) is 4.31 Å². The molecule has 0 atom stereocenters. The van der Waals surface area contributed by atoms with Crippen molar-refractivity contribution in [2.45, 2.75) is 24.2 Å². The molecule has 1 aliphatic rings. The van der Waals surface area contributed by atoms with E-state index in [0.717, 1.165) is 24.8 Å². The summed E-state index contributed by atoms with van der Waals surface area (Å²) < 4.78 is 40.4. The van der Waals surface area contributed by atoms with Gasteiger partial charge in [0.2, 0.25) is 10.0 Å². The predicted octanol–water partition coefficient (Wildman–Crippen LogP) is 5.24. The summed E-state index contributed by atoms with van der Waals surface area (Å²) in [5, 5.41) is 6.58. The molecule has 0 unspecified atom stereocenters. The van der Waals surface area contributed by atoms with Gasteiger partial charge in [-0.3, -0.25) is 4.79 Å². The Morgan fingerprint density at radius 2 is 1.66 bits per heavy atom. The van der Waals surface area contributed by atoms with Crippen LogP contribution in [0.1, 0.15) is 30.4 Å². The van der Waals surface area contributed by atoms with Gasteiger partial charge in [0, 0.05) is 24.4 Å². The molecule has 4 rings (SSSR count). The smallest absolute Gasteiger partial charge is 0.256 e. The molecule has 0 bridgehead atoms. The number of amides is 1. The van der Waals surface area contributed by atoms with Crippen molar-refractivity contribution in [2.75, 3.05) is 18.4 Å². The molecule has 1 aromatic heterocycles. The molecule has 1 N–H and O–H groups in total. The number of piperidine rings is 1. The summed E-state index contributed by atoms with van der Waals surface area (Å²) in [7, 11) is -3.52. The summed E-state index contributed by atoms with van der Waals surface area (Å²) in [6.07, 6.45) is 4.50. The molecule has 1 amide bonds. The lowest BCUT2D eigenvalue weighted by molar-refractivity contribution is -0.111. The minimum Gasteiger partial charge on any atom is -0.322 e. The minimum atomic E-state index is -3.52. The number of nitrogens with one attached hydrogen (secondary N) is 1. The van der Waals surface area contributed by atoms with Crippen LogP contribution in [0, 0.1) is 5.82 Å². The van der Waals surface area contributed by atoms with Crippen molar-refractivity contribution < 1.29 is 17.6 Å². The molecular formula is C24H23FN2O3S2. The van der Waals surface area contributed by atoms with E-state index in [4.69, 9.17) is 0 Å². The molecule has 5 nitrogen and oxygen atoms in total. The van der Waals surface area contributed by atoms with Crippen LogP contribution >= 0.6 is 11.3 Å². The molecule has 0 saturated carbocycles. The van der Waals surface area contributed by atoms with Gasteiger partial charge in [0.15, 0.2) is 0 Å². The Morgan fingerprint density at radius 1 is 0.969 bits per heavy atom. The Balaban J connectivity index is 1.54. The number of anilines is 1. The van der Waals surface area contributed by atoms with E-state index in [2.05, 4.69) is 5.32 Å². The number of nitrogens with zero attached hydrogens (tertiary/aromatic N) is 1. The summed E-state index contributed by atoms with van der Waals surface area (Å²) in [4.78, 5) is 13.3. The molecule has 0 aliphatic carbocycles. The Kier molecular flexibility index (Phi) is 6.83. The van der Waals surface area contributed by atoms with Crippen LogP contribution in [-0.4, -0.2) is 31.7 Å². The number of sulfonamides is 1. The number of hydrogen-bond donors (Lipinski definition) is 1. The fraction of sp³-hybridized carbons (Fsp3) is 0.208. The van der Waals surface area contributed by atoms with E-state index in [9.17, 15) is 17.6 Å². The van der Waals surface area contributed by atoms with Gasteiger partial charge < -0.3 is 5.32 Å². The average Bonchev–Trinajstić information content (AvgIpc) is 3.34. The third kappa shape index (κ3) is 5.15. The quantitative estimate of drug-likeness (QED) is 0.501. The molecule has 3 aromatic rings. The zero-order valence-corrected chi connectivity index (χ0v) is 19.0. The third-order valence-electron chi connectivity index (χ3n) is 5.32. The lowest BCUT2D eigenvalue weighted by atomic mass is 10.0. The first-order chi connectivity index (χ1) is 15.4. The number of hydrogen-bond acceptors (Lipinski definition) is 4. The fourth-order valence-electron chi connectivity index (χ4n) is 3.59. The van der Waals surface area contributed by atoms with Gasteiger partial charge in [0.1, 0.15) is 5.82 Å². The minimum absolute atomic E-state index is 0.220. The zero-order chi connectivity index (χ0) is 22.6. The predicted molar refractivity (Wildman–Crippen MR) is 126 cm³/mol. The van der Waals surface area contributed by atoms with Gasteiger partial charge in [-0.05, 0) is 83.3 Å². The first-order valence-corrected chi connectivity index (χ1v) is 12.7. The van der Waals surface area contributed by atoms with Crippen LogP contribution in [0.15, 0.2) is 70.3 Å². The normalized spacial score (nSPS) is 15.5.